The molecule has 0 radical (unpaired) electrons. The lowest BCUT2D eigenvalue weighted by molar-refractivity contribution is -0.114. The van der Waals surface area contributed by atoms with Crippen molar-refractivity contribution in [3.63, 3.8) is 0 Å². The van der Waals surface area contributed by atoms with Gasteiger partial charge in [0, 0.05) is 36.1 Å². The van der Waals surface area contributed by atoms with Gasteiger partial charge in [0.25, 0.3) is 0 Å². The average molecular weight is 458 g/mol. The number of pyridine rings is 1. The molecule has 2 heterocycles. The van der Waals surface area contributed by atoms with Crippen molar-refractivity contribution in [1.29, 1.82) is 0 Å². The van der Waals surface area contributed by atoms with E-state index in [-0.39, 0.29) is 11.7 Å². The SMILES string of the molecule is CC(=O)Nc1ccc(C(=O)[C@@H](C)Sc2nnc(-c3ccncc3)n2-c2ccccc2C)cc1. The maximum atomic E-state index is 13.1. The van der Waals surface area contributed by atoms with Gasteiger partial charge in [0.2, 0.25) is 5.91 Å². The Balaban J connectivity index is 1.65. The van der Waals surface area contributed by atoms with Gasteiger partial charge in [0.05, 0.1) is 10.9 Å². The zero-order valence-corrected chi connectivity index (χ0v) is 19.3. The molecule has 0 fully saturated rings. The Kier molecular flexibility index (Phi) is 6.65. The number of benzene rings is 2. The molecule has 1 N–H and O–H groups in total. The summed E-state index contributed by atoms with van der Waals surface area (Å²) in [7, 11) is 0. The standard InChI is InChI=1S/C25H23N5O2S/c1-16-6-4-5-7-22(16)30-24(20-12-14-26-15-13-20)28-29-25(30)33-17(2)23(32)19-8-10-21(11-9-19)27-18(3)31/h4-15,17H,1-3H3,(H,27,31)/t17-/m1/s1. The topological polar surface area (TPSA) is 89.8 Å². The molecule has 8 heteroatoms. The molecule has 7 nitrogen and oxygen atoms in total. The summed E-state index contributed by atoms with van der Waals surface area (Å²) in [6.07, 6.45) is 3.44. The summed E-state index contributed by atoms with van der Waals surface area (Å²) < 4.78 is 1.99. The number of para-hydroxylation sites is 1. The summed E-state index contributed by atoms with van der Waals surface area (Å²) in [6.45, 7) is 5.34. The number of nitrogens with zero attached hydrogens (tertiary/aromatic N) is 4. The van der Waals surface area contributed by atoms with Gasteiger partial charge in [0.15, 0.2) is 16.8 Å². The molecule has 0 unspecified atom stereocenters. The summed E-state index contributed by atoms with van der Waals surface area (Å²) >= 11 is 1.36. The monoisotopic (exact) mass is 457 g/mol. The fourth-order valence-corrected chi connectivity index (χ4v) is 4.37. The zero-order valence-electron chi connectivity index (χ0n) is 18.5. The number of thioether (sulfide) groups is 1. The second kappa shape index (κ2) is 9.79. The molecule has 1 amide bonds. The quantitative estimate of drug-likeness (QED) is 0.312. The van der Waals surface area contributed by atoms with Crippen LogP contribution in [0.2, 0.25) is 0 Å². The number of ketones is 1. The third kappa shape index (κ3) is 5.01. The minimum atomic E-state index is -0.395. The predicted molar refractivity (Wildman–Crippen MR) is 130 cm³/mol. The first-order valence-electron chi connectivity index (χ1n) is 10.4. The number of Topliss-reactive ketones (excluding diaryl/α,β-unsaturated/α-hetero) is 1. The number of hydrogen-bond acceptors (Lipinski definition) is 6. The van der Waals surface area contributed by atoms with E-state index in [1.807, 2.05) is 54.8 Å². The Morgan fingerprint density at radius 3 is 2.33 bits per heavy atom. The van der Waals surface area contributed by atoms with Crippen molar-refractivity contribution in [2.45, 2.75) is 31.2 Å². The third-order valence-electron chi connectivity index (χ3n) is 5.07. The first kappa shape index (κ1) is 22.4. The molecule has 0 saturated heterocycles. The highest BCUT2D eigenvalue weighted by Crippen LogP contribution is 2.32. The minimum Gasteiger partial charge on any atom is -0.326 e. The molecule has 4 aromatic rings. The van der Waals surface area contributed by atoms with Crippen LogP contribution in [0.5, 0.6) is 0 Å². The minimum absolute atomic E-state index is 0.0285. The van der Waals surface area contributed by atoms with Gasteiger partial charge in [-0.2, -0.15) is 0 Å². The Morgan fingerprint density at radius 2 is 1.67 bits per heavy atom. The smallest absolute Gasteiger partial charge is 0.221 e. The van der Waals surface area contributed by atoms with Crippen LogP contribution in [-0.4, -0.2) is 36.7 Å². The van der Waals surface area contributed by atoms with Crippen LogP contribution in [-0.2, 0) is 4.79 Å². The van der Waals surface area contributed by atoms with E-state index in [0.29, 0.717) is 22.2 Å². The highest BCUT2D eigenvalue weighted by Gasteiger charge is 2.23. The first-order valence-corrected chi connectivity index (χ1v) is 11.3. The van der Waals surface area contributed by atoms with Crippen LogP contribution in [0.25, 0.3) is 17.1 Å². The highest BCUT2D eigenvalue weighted by atomic mass is 32.2. The largest absolute Gasteiger partial charge is 0.326 e. The number of hydrogen-bond donors (Lipinski definition) is 1. The fraction of sp³-hybridized carbons (Fsp3) is 0.160. The van der Waals surface area contributed by atoms with Gasteiger partial charge < -0.3 is 5.32 Å². The molecule has 2 aromatic heterocycles. The number of carbonyl (C=O) groups excluding carboxylic acids is 2. The zero-order chi connectivity index (χ0) is 23.4. The molecular weight excluding hydrogens is 434 g/mol. The highest BCUT2D eigenvalue weighted by molar-refractivity contribution is 8.00. The Bertz CT molecular complexity index is 1290. The summed E-state index contributed by atoms with van der Waals surface area (Å²) in [6, 6.07) is 18.7. The summed E-state index contributed by atoms with van der Waals surface area (Å²) in [5, 5.41) is 11.8. The summed E-state index contributed by atoms with van der Waals surface area (Å²) in [5.74, 6) is 0.506. The lowest BCUT2D eigenvalue weighted by Gasteiger charge is -2.15. The summed E-state index contributed by atoms with van der Waals surface area (Å²) in [5.41, 5.74) is 4.14. The van der Waals surface area contributed by atoms with Crippen LogP contribution in [0.4, 0.5) is 5.69 Å². The maximum absolute atomic E-state index is 13.1. The van der Waals surface area contributed by atoms with Crippen molar-refractivity contribution in [1.82, 2.24) is 19.7 Å². The lowest BCUT2D eigenvalue weighted by atomic mass is 10.1. The van der Waals surface area contributed by atoms with Crippen molar-refractivity contribution < 1.29 is 9.59 Å². The van der Waals surface area contributed by atoms with E-state index in [1.54, 1.807) is 36.7 Å². The molecule has 166 valence electrons. The first-order chi connectivity index (χ1) is 15.9. The number of aromatic nitrogens is 4. The maximum Gasteiger partial charge on any atom is 0.221 e. The molecule has 0 bridgehead atoms. The molecule has 1 atom stereocenters. The number of rotatable bonds is 7. The molecule has 0 aliphatic carbocycles. The van der Waals surface area contributed by atoms with Crippen LogP contribution < -0.4 is 5.32 Å². The van der Waals surface area contributed by atoms with Crippen molar-refractivity contribution in [2.75, 3.05) is 5.32 Å². The van der Waals surface area contributed by atoms with Gasteiger partial charge in [-0.1, -0.05) is 30.0 Å². The average Bonchev–Trinajstić information content (AvgIpc) is 3.22. The van der Waals surface area contributed by atoms with E-state index in [9.17, 15) is 9.59 Å². The lowest BCUT2D eigenvalue weighted by Crippen LogP contribution is -2.15. The van der Waals surface area contributed by atoms with Crippen LogP contribution in [0.3, 0.4) is 0 Å². The van der Waals surface area contributed by atoms with E-state index in [1.165, 1.54) is 18.7 Å². The van der Waals surface area contributed by atoms with Gasteiger partial charge >= 0.3 is 0 Å². The molecule has 33 heavy (non-hydrogen) atoms. The second-order valence-corrected chi connectivity index (χ2v) is 8.85. The van der Waals surface area contributed by atoms with E-state index in [0.717, 1.165) is 16.8 Å². The fourth-order valence-electron chi connectivity index (χ4n) is 3.43. The van der Waals surface area contributed by atoms with Crippen LogP contribution >= 0.6 is 11.8 Å². The number of anilines is 1. The molecule has 0 saturated carbocycles. The third-order valence-corrected chi connectivity index (χ3v) is 6.11. The van der Waals surface area contributed by atoms with Crippen molar-refractivity contribution >= 4 is 29.1 Å². The van der Waals surface area contributed by atoms with Crippen LogP contribution in [0.15, 0.2) is 78.2 Å². The number of nitrogens with one attached hydrogen (secondary N) is 1. The Labute approximate surface area is 196 Å². The van der Waals surface area contributed by atoms with E-state index in [2.05, 4.69) is 20.5 Å². The molecule has 4 rings (SSSR count). The van der Waals surface area contributed by atoms with Crippen molar-refractivity contribution in [2.24, 2.45) is 0 Å². The van der Waals surface area contributed by atoms with Crippen molar-refractivity contribution in [3.8, 4) is 17.1 Å². The number of carbonyl (C=O) groups is 2. The predicted octanol–water partition coefficient (Wildman–Crippen LogP) is 4.96. The van der Waals surface area contributed by atoms with Gasteiger partial charge in [-0.15, -0.1) is 10.2 Å². The van der Waals surface area contributed by atoms with Gasteiger partial charge in [-0.25, -0.2) is 0 Å². The molecule has 0 aliphatic rings. The Morgan fingerprint density at radius 1 is 0.970 bits per heavy atom. The Hall–Kier alpha value is -3.78. The van der Waals surface area contributed by atoms with Gasteiger partial charge in [0.1, 0.15) is 0 Å². The van der Waals surface area contributed by atoms with Crippen LogP contribution in [0, 0.1) is 6.92 Å². The number of amides is 1. The molecule has 0 spiro atoms. The molecule has 0 aliphatic heterocycles. The second-order valence-electron chi connectivity index (χ2n) is 7.55. The summed E-state index contributed by atoms with van der Waals surface area (Å²) in [4.78, 5) is 28.4. The van der Waals surface area contributed by atoms with E-state index < -0.39 is 5.25 Å². The molecule has 2 aromatic carbocycles. The number of aryl methyl sites for hydroxylation is 1. The van der Waals surface area contributed by atoms with Crippen molar-refractivity contribution in [3.05, 3.63) is 84.2 Å². The van der Waals surface area contributed by atoms with E-state index in [4.69, 9.17) is 0 Å². The normalized spacial score (nSPS) is 11.7. The molecular formula is C25H23N5O2S. The van der Waals surface area contributed by atoms with Gasteiger partial charge in [-0.3, -0.25) is 19.1 Å². The van der Waals surface area contributed by atoms with Gasteiger partial charge in [-0.05, 0) is 61.9 Å². The van der Waals surface area contributed by atoms with E-state index >= 15 is 0 Å². The van der Waals surface area contributed by atoms with Crippen LogP contribution in [0.1, 0.15) is 29.8 Å².